The second kappa shape index (κ2) is 4.28. The molecule has 1 aliphatic rings. The van der Waals surface area contributed by atoms with Gasteiger partial charge < -0.3 is 5.32 Å². The van der Waals surface area contributed by atoms with Gasteiger partial charge in [-0.1, -0.05) is 17.7 Å². The summed E-state index contributed by atoms with van der Waals surface area (Å²) in [5, 5.41) is 3.08. The monoisotopic (exact) mass is 217 g/mol. The minimum Gasteiger partial charge on any atom is -0.349 e. The van der Waals surface area contributed by atoms with E-state index in [4.69, 9.17) is 0 Å². The predicted octanol–water partition coefficient (Wildman–Crippen LogP) is 2.83. The molecule has 16 heavy (non-hydrogen) atoms. The molecule has 0 spiro atoms. The van der Waals surface area contributed by atoms with E-state index in [-0.39, 0.29) is 5.91 Å². The van der Waals surface area contributed by atoms with E-state index < -0.39 is 0 Å². The summed E-state index contributed by atoms with van der Waals surface area (Å²) < 4.78 is 0. The third-order valence-corrected chi connectivity index (χ3v) is 3.31. The van der Waals surface area contributed by atoms with Crippen molar-refractivity contribution in [2.75, 3.05) is 0 Å². The normalized spacial score (nSPS) is 16.9. The molecule has 86 valence electrons. The van der Waals surface area contributed by atoms with Crippen LogP contribution >= 0.6 is 0 Å². The molecule has 1 aromatic rings. The van der Waals surface area contributed by atoms with Crippen molar-refractivity contribution >= 4 is 5.91 Å². The fraction of sp³-hybridized carbons (Fsp3) is 0.500. The van der Waals surface area contributed by atoms with Crippen LogP contribution in [0.25, 0.3) is 0 Å². The van der Waals surface area contributed by atoms with Crippen LogP contribution in [-0.4, -0.2) is 11.9 Å². The largest absolute Gasteiger partial charge is 0.349 e. The van der Waals surface area contributed by atoms with Gasteiger partial charge >= 0.3 is 0 Å². The molecule has 1 N–H and O–H groups in total. The summed E-state index contributed by atoms with van der Waals surface area (Å²) in [5.41, 5.74) is 3.06. The minimum absolute atomic E-state index is 0.0666. The van der Waals surface area contributed by atoms with Crippen molar-refractivity contribution in [3.63, 3.8) is 0 Å². The van der Waals surface area contributed by atoms with Crippen LogP contribution in [0.15, 0.2) is 18.2 Å². The Morgan fingerprint density at radius 1 is 1.38 bits per heavy atom. The number of nitrogens with one attached hydrogen (secondary N) is 1. The van der Waals surface area contributed by atoms with E-state index in [1.807, 2.05) is 26.0 Å². The maximum Gasteiger partial charge on any atom is 0.251 e. The van der Waals surface area contributed by atoms with Gasteiger partial charge in [-0.25, -0.2) is 0 Å². The Morgan fingerprint density at radius 3 is 2.62 bits per heavy atom. The van der Waals surface area contributed by atoms with E-state index >= 15 is 0 Å². The number of hydrogen-bond donors (Lipinski definition) is 1. The summed E-state index contributed by atoms with van der Waals surface area (Å²) in [5.74, 6) is 0.770. The van der Waals surface area contributed by atoms with Crippen LogP contribution in [0.1, 0.15) is 41.3 Å². The van der Waals surface area contributed by atoms with Gasteiger partial charge in [0, 0.05) is 11.6 Å². The van der Waals surface area contributed by atoms with E-state index in [0.717, 1.165) is 11.1 Å². The van der Waals surface area contributed by atoms with E-state index in [9.17, 15) is 4.79 Å². The van der Waals surface area contributed by atoms with E-state index in [0.29, 0.717) is 12.0 Å². The highest BCUT2D eigenvalue weighted by Gasteiger charge is 2.29. The van der Waals surface area contributed by atoms with Crippen molar-refractivity contribution in [1.82, 2.24) is 5.32 Å². The fourth-order valence-electron chi connectivity index (χ4n) is 2.07. The maximum absolute atomic E-state index is 12.0. The van der Waals surface area contributed by atoms with Crippen LogP contribution in [0.5, 0.6) is 0 Å². The molecule has 2 nitrogen and oxygen atoms in total. The summed E-state index contributed by atoms with van der Waals surface area (Å²) in [7, 11) is 0. The number of aryl methyl sites for hydroxylation is 2. The lowest BCUT2D eigenvalue weighted by molar-refractivity contribution is 0.0935. The molecular formula is C14H19NO. The Balaban J connectivity index is 2.07. The first-order valence-electron chi connectivity index (χ1n) is 5.96. The Morgan fingerprint density at radius 2 is 2.06 bits per heavy atom. The van der Waals surface area contributed by atoms with Crippen LogP contribution in [0, 0.1) is 19.8 Å². The summed E-state index contributed by atoms with van der Waals surface area (Å²) >= 11 is 0. The molecule has 1 amide bonds. The third kappa shape index (κ3) is 2.43. The average Bonchev–Trinajstić information content (AvgIpc) is 2.99. The first-order chi connectivity index (χ1) is 7.58. The molecule has 0 aliphatic heterocycles. The number of rotatable bonds is 3. The van der Waals surface area contributed by atoms with Gasteiger partial charge in [0.25, 0.3) is 5.91 Å². The van der Waals surface area contributed by atoms with Crippen LogP contribution in [0.3, 0.4) is 0 Å². The zero-order valence-corrected chi connectivity index (χ0v) is 10.2. The predicted molar refractivity (Wildman–Crippen MR) is 65.6 cm³/mol. The molecule has 0 saturated heterocycles. The van der Waals surface area contributed by atoms with Gasteiger partial charge in [-0.3, -0.25) is 4.79 Å². The Kier molecular flexibility index (Phi) is 2.99. The first kappa shape index (κ1) is 11.2. The zero-order chi connectivity index (χ0) is 11.7. The smallest absolute Gasteiger partial charge is 0.251 e. The molecule has 1 aliphatic carbocycles. The Labute approximate surface area is 97.1 Å². The van der Waals surface area contributed by atoms with Crippen LogP contribution in [0.2, 0.25) is 0 Å². The molecule has 0 bridgehead atoms. The van der Waals surface area contributed by atoms with Gasteiger partial charge in [-0.05, 0) is 51.2 Å². The molecule has 1 fully saturated rings. The summed E-state index contributed by atoms with van der Waals surface area (Å²) in [6.45, 7) is 6.13. The maximum atomic E-state index is 12.0. The number of amides is 1. The summed E-state index contributed by atoms with van der Waals surface area (Å²) in [4.78, 5) is 12.0. The van der Waals surface area contributed by atoms with E-state index in [1.165, 1.54) is 18.4 Å². The molecular weight excluding hydrogens is 198 g/mol. The third-order valence-electron chi connectivity index (χ3n) is 3.31. The van der Waals surface area contributed by atoms with Crippen LogP contribution in [0.4, 0.5) is 0 Å². The van der Waals surface area contributed by atoms with E-state index in [2.05, 4.69) is 18.3 Å². The standard InChI is InChI=1S/C14H19NO/c1-9-4-7-13(10(2)8-9)14(16)15-11(3)12-5-6-12/h4,7-8,11-12H,5-6H2,1-3H3,(H,15,16). The molecule has 1 saturated carbocycles. The van der Waals surface area contributed by atoms with Gasteiger partial charge in [0.1, 0.15) is 0 Å². The van der Waals surface area contributed by atoms with Crippen LogP contribution < -0.4 is 5.32 Å². The van der Waals surface area contributed by atoms with Crippen molar-refractivity contribution in [2.24, 2.45) is 5.92 Å². The molecule has 0 heterocycles. The molecule has 2 rings (SSSR count). The van der Waals surface area contributed by atoms with Gasteiger partial charge in [-0.2, -0.15) is 0 Å². The second-order valence-corrected chi connectivity index (χ2v) is 4.92. The molecule has 1 aromatic carbocycles. The van der Waals surface area contributed by atoms with Crippen molar-refractivity contribution in [2.45, 2.75) is 39.7 Å². The van der Waals surface area contributed by atoms with Crippen molar-refractivity contribution in [3.8, 4) is 0 Å². The Hall–Kier alpha value is -1.31. The molecule has 1 unspecified atom stereocenters. The highest BCUT2D eigenvalue weighted by molar-refractivity contribution is 5.95. The van der Waals surface area contributed by atoms with Crippen molar-refractivity contribution in [1.29, 1.82) is 0 Å². The first-order valence-corrected chi connectivity index (χ1v) is 5.96. The summed E-state index contributed by atoms with van der Waals surface area (Å²) in [6, 6.07) is 6.27. The molecule has 0 aromatic heterocycles. The lowest BCUT2D eigenvalue weighted by Gasteiger charge is -2.14. The number of benzene rings is 1. The fourth-order valence-corrected chi connectivity index (χ4v) is 2.07. The lowest BCUT2D eigenvalue weighted by atomic mass is 10.0. The van der Waals surface area contributed by atoms with Gasteiger partial charge in [0.15, 0.2) is 0 Å². The SMILES string of the molecule is Cc1ccc(C(=O)NC(C)C2CC2)c(C)c1. The van der Waals surface area contributed by atoms with E-state index in [1.54, 1.807) is 0 Å². The summed E-state index contributed by atoms with van der Waals surface area (Å²) in [6.07, 6.45) is 2.52. The number of carbonyl (C=O) groups excluding carboxylic acids is 1. The molecule has 2 heteroatoms. The number of carbonyl (C=O) groups is 1. The highest BCUT2D eigenvalue weighted by atomic mass is 16.1. The molecule has 1 atom stereocenters. The second-order valence-electron chi connectivity index (χ2n) is 4.92. The van der Waals surface area contributed by atoms with Gasteiger partial charge in [-0.15, -0.1) is 0 Å². The quantitative estimate of drug-likeness (QED) is 0.828. The van der Waals surface area contributed by atoms with Gasteiger partial charge in [0.2, 0.25) is 0 Å². The zero-order valence-electron chi connectivity index (χ0n) is 10.2. The van der Waals surface area contributed by atoms with Crippen LogP contribution in [-0.2, 0) is 0 Å². The van der Waals surface area contributed by atoms with Crippen molar-refractivity contribution < 1.29 is 4.79 Å². The highest BCUT2D eigenvalue weighted by Crippen LogP contribution is 2.32. The topological polar surface area (TPSA) is 29.1 Å². The molecule has 0 radical (unpaired) electrons. The number of hydrogen-bond acceptors (Lipinski definition) is 1. The lowest BCUT2D eigenvalue weighted by Crippen LogP contribution is -2.34. The Bertz CT molecular complexity index is 407. The van der Waals surface area contributed by atoms with Crippen molar-refractivity contribution in [3.05, 3.63) is 34.9 Å². The minimum atomic E-state index is 0.0666. The average molecular weight is 217 g/mol. The van der Waals surface area contributed by atoms with Gasteiger partial charge in [0.05, 0.1) is 0 Å².